The van der Waals surface area contributed by atoms with Crippen molar-refractivity contribution in [2.45, 2.75) is 26.3 Å². The summed E-state index contributed by atoms with van der Waals surface area (Å²) < 4.78 is 0. The van der Waals surface area contributed by atoms with Crippen molar-refractivity contribution in [3.05, 3.63) is 42.0 Å². The highest BCUT2D eigenvalue weighted by Gasteiger charge is 2.10. The number of rotatable bonds is 5. The Morgan fingerprint density at radius 1 is 1.30 bits per heavy atom. The highest BCUT2D eigenvalue weighted by molar-refractivity contribution is 5.49. The van der Waals surface area contributed by atoms with E-state index >= 15 is 0 Å². The lowest BCUT2D eigenvalue weighted by molar-refractivity contribution is 0.763. The number of nitrogens with zero attached hydrogens (tertiary/aromatic N) is 4. The van der Waals surface area contributed by atoms with Crippen LogP contribution in [0.2, 0.25) is 0 Å². The van der Waals surface area contributed by atoms with Gasteiger partial charge in [-0.25, -0.2) is 9.97 Å². The van der Waals surface area contributed by atoms with Crippen LogP contribution < -0.4 is 10.2 Å². The molecular weight excluding hydrogens is 250 g/mol. The van der Waals surface area contributed by atoms with E-state index in [9.17, 15) is 0 Å². The molecule has 5 heteroatoms. The van der Waals surface area contributed by atoms with Gasteiger partial charge in [0.15, 0.2) is 0 Å². The van der Waals surface area contributed by atoms with E-state index in [0.717, 1.165) is 29.6 Å². The number of hydrogen-bond acceptors (Lipinski definition) is 5. The predicted octanol–water partition coefficient (Wildman–Crippen LogP) is 2.67. The van der Waals surface area contributed by atoms with Crippen molar-refractivity contribution >= 4 is 11.6 Å². The van der Waals surface area contributed by atoms with Gasteiger partial charge in [-0.3, -0.25) is 4.98 Å². The number of nitrogens with one attached hydrogen (secondary N) is 1. The molecule has 0 saturated carbocycles. The molecule has 2 rings (SSSR count). The molecule has 2 aromatic heterocycles. The van der Waals surface area contributed by atoms with E-state index in [1.807, 2.05) is 32.4 Å². The Hall–Kier alpha value is -2.17. The second-order valence-corrected chi connectivity index (χ2v) is 5.09. The number of hydrogen-bond donors (Lipinski definition) is 1. The van der Waals surface area contributed by atoms with Crippen LogP contribution in [-0.4, -0.2) is 29.0 Å². The molecule has 0 aromatic carbocycles. The Labute approximate surface area is 120 Å². The molecule has 106 valence electrons. The van der Waals surface area contributed by atoms with Crippen LogP contribution in [-0.2, 0) is 6.54 Å². The van der Waals surface area contributed by atoms with Gasteiger partial charge in [0.2, 0.25) is 0 Å². The fourth-order valence-corrected chi connectivity index (χ4v) is 1.88. The third-order valence-electron chi connectivity index (χ3n) is 3.04. The molecule has 0 bridgehead atoms. The van der Waals surface area contributed by atoms with Crippen LogP contribution in [0.4, 0.5) is 11.6 Å². The van der Waals surface area contributed by atoms with Gasteiger partial charge in [0.05, 0.1) is 0 Å². The van der Waals surface area contributed by atoms with Crippen LogP contribution in [0, 0.1) is 0 Å². The SMILES string of the molecule is CNc1cc(N(C)Cc2cccnc2)nc(C(C)C)n1. The summed E-state index contributed by atoms with van der Waals surface area (Å²) in [5.41, 5.74) is 1.16. The van der Waals surface area contributed by atoms with Crippen molar-refractivity contribution in [1.29, 1.82) is 0 Å². The molecule has 0 radical (unpaired) electrons. The third kappa shape index (κ3) is 3.44. The second kappa shape index (κ2) is 6.32. The Morgan fingerprint density at radius 2 is 2.10 bits per heavy atom. The molecule has 0 atom stereocenters. The lowest BCUT2D eigenvalue weighted by atomic mass is 10.2. The van der Waals surface area contributed by atoms with E-state index in [1.54, 1.807) is 6.20 Å². The minimum Gasteiger partial charge on any atom is -0.373 e. The predicted molar refractivity (Wildman–Crippen MR) is 82.0 cm³/mol. The number of aromatic nitrogens is 3. The zero-order chi connectivity index (χ0) is 14.5. The molecule has 5 nitrogen and oxygen atoms in total. The fourth-order valence-electron chi connectivity index (χ4n) is 1.88. The van der Waals surface area contributed by atoms with Gasteiger partial charge in [-0.05, 0) is 11.6 Å². The molecule has 20 heavy (non-hydrogen) atoms. The van der Waals surface area contributed by atoms with Crippen molar-refractivity contribution < 1.29 is 0 Å². The first-order chi connectivity index (χ1) is 9.60. The highest BCUT2D eigenvalue weighted by atomic mass is 15.2. The first kappa shape index (κ1) is 14.2. The van der Waals surface area contributed by atoms with Crippen LogP contribution in [0.15, 0.2) is 30.6 Å². The first-order valence-corrected chi connectivity index (χ1v) is 6.77. The summed E-state index contributed by atoms with van der Waals surface area (Å²) >= 11 is 0. The molecule has 0 spiro atoms. The van der Waals surface area contributed by atoms with Crippen LogP contribution in [0.1, 0.15) is 31.2 Å². The second-order valence-electron chi connectivity index (χ2n) is 5.09. The third-order valence-corrected chi connectivity index (χ3v) is 3.04. The van der Waals surface area contributed by atoms with Crippen molar-refractivity contribution in [3.8, 4) is 0 Å². The Morgan fingerprint density at radius 3 is 2.70 bits per heavy atom. The van der Waals surface area contributed by atoms with Crippen LogP contribution in [0.3, 0.4) is 0 Å². The van der Waals surface area contributed by atoms with Crippen LogP contribution in [0.5, 0.6) is 0 Å². The maximum absolute atomic E-state index is 4.63. The largest absolute Gasteiger partial charge is 0.373 e. The lowest BCUT2D eigenvalue weighted by Gasteiger charge is -2.20. The topological polar surface area (TPSA) is 53.9 Å². The molecule has 1 N–H and O–H groups in total. The molecular formula is C15H21N5. The van der Waals surface area contributed by atoms with Gasteiger partial charge in [-0.2, -0.15) is 0 Å². The summed E-state index contributed by atoms with van der Waals surface area (Å²) in [4.78, 5) is 15.4. The molecule has 0 aliphatic rings. The zero-order valence-corrected chi connectivity index (χ0v) is 12.5. The summed E-state index contributed by atoms with van der Waals surface area (Å²) in [6.45, 7) is 4.96. The van der Waals surface area contributed by atoms with Gasteiger partial charge in [0.25, 0.3) is 0 Å². The van der Waals surface area contributed by atoms with E-state index < -0.39 is 0 Å². The van der Waals surface area contributed by atoms with Crippen molar-refractivity contribution in [1.82, 2.24) is 15.0 Å². The molecule has 0 aliphatic heterocycles. The number of anilines is 2. The fraction of sp³-hybridized carbons (Fsp3) is 0.400. The van der Waals surface area contributed by atoms with Gasteiger partial charge in [-0.1, -0.05) is 19.9 Å². The maximum Gasteiger partial charge on any atom is 0.135 e. The average molecular weight is 271 g/mol. The Bertz CT molecular complexity index is 553. The molecule has 2 aromatic rings. The molecule has 0 unspecified atom stereocenters. The molecule has 0 amide bonds. The van der Waals surface area contributed by atoms with Crippen molar-refractivity contribution in [3.63, 3.8) is 0 Å². The minimum atomic E-state index is 0.300. The molecule has 0 aliphatic carbocycles. The summed E-state index contributed by atoms with van der Waals surface area (Å²) in [5.74, 6) is 2.91. The molecule has 0 saturated heterocycles. The smallest absolute Gasteiger partial charge is 0.135 e. The zero-order valence-electron chi connectivity index (χ0n) is 12.5. The summed E-state index contributed by atoms with van der Waals surface area (Å²) in [7, 11) is 3.90. The average Bonchev–Trinajstić information content (AvgIpc) is 2.47. The van der Waals surface area contributed by atoms with E-state index in [0.29, 0.717) is 5.92 Å². The summed E-state index contributed by atoms with van der Waals surface area (Å²) in [6, 6.07) is 5.97. The Kier molecular flexibility index (Phi) is 4.50. The van der Waals surface area contributed by atoms with Gasteiger partial charge in [-0.15, -0.1) is 0 Å². The molecule has 2 heterocycles. The van der Waals surface area contributed by atoms with E-state index in [4.69, 9.17) is 0 Å². The van der Waals surface area contributed by atoms with Gasteiger partial charge in [0, 0.05) is 45.0 Å². The standard InChI is InChI=1S/C15H21N5/c1-11(2)15-18-13(16-3)8-14(19-15)20(4)10-12-6-5-7-17-9-12/h5-9,11H,10H2,1-4H3,(H,16,18,19). The van der Waals surface area contributed by atoms with Crippen LogP contribution >= 0.6 is 0 Å². The maximum atomic E-state index is 4.63. The van der Waals surface area contributed by atoms with Crippen molar-refractivity contribution in [2.24, 2.45) is 0 Å². The number of pyridine rings is 1. The van der Waals surface area contributed by atoms with Crippen molar-refractivity contribution in [2.75, 3.05) is 24.3 Å². The lowest BCUT2D eigenvalue weighted by Crippen LogP contribution is -2.19. The van der Waals surface area contributed by atoms with Crippen LogP contribution in [0.25, 0.3) is 0 Å². The monoisotopic (exact) mass is 271 g/mol. The molecule has 0 fully saturated rings. The summed E-state index contributed by atoms with van der Waals surface area (Å²) in [6.07, 6.45) is 3.66. The normalized spacial score (nSPS) is 10.7. The van der Waals surface area contributed by atoms with E-state index in [2.05, 4.69) is 45.1 Å². The highest BCUT2D eigenvalue weighted by Crippen LogP contribution is 2.20. The van der Waals surface area contributed by atoms with E-state index in [1.165, 1.54) is 0 Å². The van der Waals surface area contributed by atoms with Gasteiger partial charge >= 0.3 is 0 Å². The van der Waals surface area contributed by atoms with Gasteiger partial charge < -0.3 is 10.2 Å². The van der Waals surface area contributed by atoms with E-state index in [-0.39, 0.29) is 0 Å². The van der Waals surface area contributed by atoms with Gasteiger partial charge in [0.1, 0.15) is 17.5 Å². The minimum absolute atomic E-state index is 0.300. The first-order valence-electron chi connectivity index (χ1n) is 6.77. The summed E-state index contributed by atoms with van der Waals surface area (Å²) in [5, 5.41) is 3.09. The Balaban J connectivity index is 2.24. The quantitative estimate of drug-likeness (QED) is 0.906.